The van der Waals surface area contributed by atoms with Gasteiger partial charge in [0.2, 0.25) is 5.95 Å². The average Bonchev–Trinajstić information content (AvgIpc) is 3.69. The molecule has 3 aromatic heterocycles. The molecule has 0 radical (unpaired) electrons. The maximum absolute atomic E-state index is 5.23. The lowest BCUT2D eigenvalue weighted by atomic mass is 9.95. The molecule has 0 amide bonds. The van der Waals surface area contributed by atoms with Crippen LogP contribution >= 0.6 is 11.3 Å². The molecule has 0 saturated heterocycles. The van der Waals surface area contributed by atoms with Gasteiger partial charge in [-0.15, -0.1) is 11.3 Å². The van der Waals surface area contributed by atoms with Crippen LogP contribution in [-0.2, 0) is 0 Å². The number of nitrogens with zero attached hydrogens (tertiary/aromatic N) is 4. The Morgan fingerprint density at radius 2 is 0.935 bits per heavy atom. The molecule has 10 aromatic rings. The second kappa shape index (κ2) is 9.80. The first-order valence-electron chi connectivity index (χ1n) is 15.4. The summed E-state index contributed by atoms with van der Waals surface area (Å²) in [5.74, 6) is 1.89. The van der Waals surface area contributed by atoms with Crippen LogP contribution in [0.3, 0.4) is 0 Å². The van der Waals surface area contributed by atoms with Gasteiger partial charge in [-0.2, -0.15) is 9.97 Å². The molecule has 10 rings (SSSR count). The molecular weight excluding hydrogens is 581 g/mol. The smallest absolute Gasteiger partial charge is 0.238 e. The quantitative estimate of drug-likeness (QED) is 0.188. The Kier molecular flexibility index (Phi) is 5.41. The van der Waals surface area contributed by atoms with E-state index in [0.29, 0.717) is 17.6 Å². The SMILES string of the molecule is c1ccc(-c2nc(-c3ccccc3)nc(-n3c4ccc5sc6ccccc6c5c4c4c5ccccc5c5ccccc5c43)n2)cc1. The van der Waals surface area contributed by atoms with Gasteiger partial charge in [-0.1, -0.05) is 127 Å². The highest BCUT2D eigenvalue weighted by atomic mass is 32.1. The van der Waals surface area contributed by atoms with E-state index in [1.807, 2.05) is 47.7 Å². The Balaban J connectivity index is 1.46. The fourth-order valence-electron chi connectivity index (χ4n) is 7.08. The summed E-state index contributed by atoms with van der Waals surface area (Å²) in [5, 5.41) is 9.86. The van der Waals surface area contributed by atoms with Crippen LogP contribution in [0, 0.1) is 0 Å². The van der Waals surface area contributed by atoms with E-state index >= 15 is 0 Å². The van der Waals surface area contributed by atoms with E-state index in [-0.39, 0.29) is 0 Å². The minimum Gasteiger partial charge on any atom is -0.277 e. The number of hydrogen-bond donors (Lipinski definition) is 0. The van der Waals surface area contributed by atoms with Crippen molar-refractivity contribution in [2.75, 3.05) is 0 Å². The zero-order chi connectivity index (χ0) is 30.2. The van der Waals surface area contributed by atoms with Crippen LogP contribution in [0.2, 0.25) is 0 Å². The zero-order valence-electron chi connectivity index (χ0n) is 24.6. The van der Waals surface area contributed by atoms with E-state index in [1.165, 1.54) is 52.5 Å². The summed E-state index contributed by atoms with van der Waals surface area (Å²) in [6.45, 7) is 0. The second-order valence-corrected chi connectivity index (χ2v) is 12.7. The van der Waals surface area contributed by atoms with Crippen molar-refractivity contribution >= 4 is 74.9 Å². The van der Waals surface area contributed by atoms with Crippen molar-refractivity contribution in [3.63, 3.8) is 0 Å². The van der Waals surface area contributed by atoms with Gasteiger partial charge in [0.25, 0.3) is 0 Å². The van der Waals surface area contributed by atoms with Crippen molar-refractivity contribution in [2.45, 2.75) is 0 Å². The molecule has 0 atom stereocenters. The topological polar surface area (TPSA) is 43.6 Å². The summed E-state index contributed by atoms with van der Waals surface area (Å²) >= 11 is 1.85. The third kappa shape index (κ3) is 3.63. The Labute approximate surface area is 267 Å². The highest BCUT2D eigenvalue weighted by Gasteiger charge is 2.24. The zero-order valence-corrected chi connectivity index (χ0v) is 25.4. The van der Waals surface area contributed by atoms with E-state index in [0.717, 1.165) is 22.2 Å². The standard InChI is InChI=1S/C41H24N4S/c1-3-13-25(14-4-1)39-42-40(26-15-5-2-6-16-26)44-41(43-39)45-32-23-24-34-35(31-21-11-12-22-33(31)46-34)37(32)36-29-19-9-7-17-27(29)28-18-8-10-20-30(28)38(36)45/h1-24H. The molecule has 0 saturated carbocycles. The molecular formula is C41H24N4S. The highest BCUT2D eigenvalue weighted by molar-refractivity contribution is 7.26. The Bertz CT molecular complexity index is 2740. The highest BCUT2D eigenvalue weighted by Crippen LogP contribution is 2.47. The fraction of sp³-hybridized carbons (Fsp3) is 0. The van der Waals surface area contributed by atoms with Crippen molar-refractivity contribution in [3.05, 3.63) is 146 Å². The average molecular weight is 605 g/mol. The lowest BCUT2D eigenvalue weighted by Gasteiger charge is -2.13. The van der Waals surface area contributed by atoms with Gasteiger partial charge in [0.1, 0.15) is 0 Å². The monoisotopic (exact) mass is 604 g/mol. The molecule has 0 aliphatic heterocycles. The molecule has 7 aromatic carbocycles. The summed E-state index contributed by atoms with van der Waals surface area (Å²) in [6, 6.07) is 51.2. The number of benzene rings is 7. The van der Waals surface area contributed by atoms with Gasteiger partial charge in [-0.25, -0.2) is 4.98 Å². The van der Waals surface area contributed by atoms with Gasteiger partial charge in [0.15, 0.2) is 11.6 Å². The third-order valence-electron chi connectivity index (χ3n) is 9.03. The Morgan fingerprint density at radius 3 is 1.61 bits per heavy atom. The molecule has 5 heteroatoms. The largest absolute Gasteiger partial charge is 0.277 e. The first-order valence-corrected chi connectivity index (χ1v) is 16.2. The molecule has 214 valence electrons. The van der Waals surface area contributed by atoms with Gasteiger partial charge in [-0.05, 0) is 34.4 Å². The minimum absolute atomic E-state index is 0.604. The van der Waals surface area contributed by atoms with E-state index in [2.05, 4.69) is 114 Å². The van der Waals surface area contributed by atoms with Crippen molar-refractivity contribution in [2.24, 2.45) is 0 Å². The van der Waals surface area contributed by atoms with Crippen LogP contribution in [0.4, 0.5) is 0 Å². The van der Waals surface area contributed by atoms with Crippen molar-refractivity contribution in [1.29, 1.82) is 0 Å². The van der Waals surface area contributed by atoms with Crippen LogP contribution in [0.25, 0.3) is 92.2 Å². The molecule has 0 aliphatic carbocycles. The maximum Gasteiger partial charge on any atom is 0.238 e. The lowest BCUT2D eigenvalue weighted by Crippen LogP contribution is -2.06. The Hall–Kier alpha value is -5.91. The summed E-state index contributed by atoms with van der Waals surface area (Å²) in [5.41, 5.74) is 4.09. The molecule has 0 N–H and O–H groups in total. The van der Waals surface area contributed by atoms with E-state index in [9.17, 15) is 0 Å². The predicted molar refractivity (Wildman–Crippen MR) is 193 cm³/mol. The molecule has 46 heavy (non-hydrogen) atoms. The molecule has 3 heterocycles. The molecule has 0 unspecified atom stereocenters. The number of aromatic nitrogens is 4. The van der Waals surface area contributed by atoms with Crippen molar-refractivity contribution in [1.82, 2.24) is 19.5 Å². The fourth-order valence-corrected chi connectivity index (χ4v) is 8.19. The Morgan fingerprint density at radius 1 is 0.391 bits per heavy atom. The van der Waals surface area contributed by atoms with Gasteiger partial charge >= 0.3 is 0 Å². The van der Waals surface area contributed by atoms with Crippen LogP contribution in [0.1, 0.15) is 0 Å². The first kappa shape index (κ1) is 25.4. The van der Waals surface area contributed by atoms with Crippen molar-refractivity contribution < 1.29 is 0 Å². The van der Waals surface area contributed by atoms with Crippen molar-refractivity contribution in [3.8, 4) is 28.7 Å². The normalized spacial score (nSPS) is 11.9. The van der Waals surface area contributed by atoms with Gasteiger partial charge in [0.05, 0.1) is 11.0 Å². The van der Waals surface area contributed by atoms with Crippen LogP contribution in [-0.4, -0.2) is 19.5 Å². The van der Waals surface area contributed by atoms with Crippen LogP contribution in [0.15, 0.2) is 146 Å². The molecule has 0 fully saturated rings. The predicted octanol–water partition coefficient (Wildman–Crippen LogP) is 11.0. The summed E-state index contributed by atoms with van der Waals surface area (Å²) in [6.07, 6.45) is 0. The molecule has 0 spiro atoms. The summed E-state index contributed by atoms with van der Waals surface area (Å²) in [4.78, 5) is 15.5. The van der Waals surface area contributed by atoms with E-state index < -0.39 is 0 Å². The van der Waals surface area contributed by atoms with E-state index in [1.54, 1.807) is 0 Å². The van der Waals surface area contributed by atoms with Gasteiger partial charge in [0, 0.05) is 47.5 Å². The lowest BCUT2D eigenvalue weighted by molar-refractivity contribution is 0.955. The third-order valence-corrected chi connectivity index (χ3v) is 10.2. The van der Waals surface area contributed by atoms with Crippen LogP contribution < -0.4 is 0 Å². The molecule has 0 bridgehead atoms. The van der Waals surface area contributed by atoms with E-state index in [4.69, 9.17) is 15.0 Å². The summed E-state index contributed by atoms with van der Waals surface area (Å²) in [7, 11) is 0. The minimum atomic E-state index is 0.604. The molecule has 4 nitrogen and oxygen atoms in total. The number of fused-ring (bicyclic) bond motifs is 12. The number of rotatable bonds is 3. The van der Waals surface area contributed by atoms with Crippen LogP contribution in [0.5, 0.6) is 0 Å². The van der Waals surface area contributed by atoms with Gasteiger partial charge < -0.3 is 0 Å². The summed E-state index contributed by atoms with van der Waals surface area (Å²) < 4.78 is 4.84. The first-order chi connectivity index (χ1) is 22.8. The maximum atomic E-state index is 5.23. The number of thiophene rings is 1. The second-order valence-electron chi connectivity index (χ2n) is 11.6. The van der Waals surface area contributed by atoms with Gasteiger partial charge in [-0.3, -0.25) is 4.57 Å². The molecule has 0 aliphatic rings. The number of hydrogen-bond acceptors (Lipinski definition) is 4.